The van der Waals surface area contributed by atoms with Crippen LogP contribution in [0.4, 0.5) is 0 Å². The molecule has 0 amide bonds. The summed E-state index contributed by atoms with van der Waals surface area (Å²) < 4.78 is 11.7. The summed E-state index contributed by atoms with van der Waals surface area (Å²) in [7, 11) is 0. The number of halogens is 3. The summed E-state index contributed by atoms with van der Waals surface area (Å²) in [6, 6.07) is 19.6. The molecule has 4 nitrogen and oxygen atoms in total. The van der Waals surface area contributed by atoms with E-state index in [1.807, 2.05) is 30.3 Å². The molecule has 4 aromatic rings. The van der Waals surface area contributed by atoms with Crippen molar-refractivity contribution in [2.45, 2.75) is 6.61 Å². The van der Waals surface area contributed by atoms with E-state index in [1.165, 1.54) is 0 Å². The van der Waals surface area contributed by atoms with Crippen LogP contribution in [0.15, 0.2) is 60.7 Å². The number of hydrogen-bond acceptors (Lipinski definition) is 3. The van der Waals surface area contributed by atoms with Crippen LogP contribution in [0.3, 0.4) is 0 Å². The quantitative estimate of drug-likeness (QED) is 0.350. The number of nitrogens with one attached hydrogen (secondary N) is 1. The molecule has 29 heavy (non-hydrogen) atoms. The van der Waals surface area contributed by atoms with E-state index in [4.69, 9.17) is 49.5 Å². The van der Waals surface area contributed by atoms with E-state index in [1.54, 1.807) is 36.4 Å². The molecular formula is C22H13Cl3N2O2. The lowest BCUT2D eigenvalue weighted by Crippen LogP contribution is -1.96. The highest BCUT2D eigenvalue weighted by Gasteiger charge is 2.08. The van der Waals surface area contributed by atoms with E-state index < -0.39 is 0 Å². The van der Waals surface area contributed by atoms with Crippen molar-refractivity contribution in [2.24, 2.45) is 0 Å². The second-order valence-electron chi connectivity index (χ2n) is 6.30. The molecule has 0 radical (unpaired) electrons. The Labute approximate surface area is 182 Å². The van der Waals surface area contributed by atoms with Crippen LogP contribution >= 0.6 is 34.8 Å². The van der Waals surface area contributed by atoms with Gasteiger partial charge in [-0.15, -0.1) is 0 Å². The smallest absolute Gasteiger partial charge is 0.132 e. The van der Waals surface area contributed by atoms with Gasteiger partial charge in [0.15, 0.2) is 0 Å². The topological polar surface area (TPSA) is 58.0 Å². The minimum Gasteiger partial charge on any atom is -0.487 e. The lowest BCUT2D eigenvalue weighted by molar-refractivity contribution is 0.301. The molecule has 3 aromatic carbocycles. The van der Waals surface area contributed by atoms with Crippen LogP contribution in [0.5, 0.6) is 17.2 Å². The van der Waals surface area contributed by atoms with Crippen LogP contribution in [-0.4, -0.2) is 4.98 Å². The molecule has 0 bridgehead atoms. The highest BCUT2D eigenvalue weighted by atomic mass is 35.5. The maximum Gasteiger partial charge on any atom is 0.132 e. The van der Waals surface area contributed by atoms with Gasteiger partial charge in [0.2, 0.25) is 0 Å². The van der Waals surface area contributed by atoms with Crippen molar-refractivity contribution >= 4 is 45.7 Å². The maximum absolute atomic E-state index is 9.07. The number of rotatable bonds is 5. The van der Waals surface area contributed by atoms with Gasteiger partial charge < -0.3 is 14.5 Å². The molecule has 0 spiro atoms. The molecule has 7 heteroatoms. The molecule has 1 heterocycles. The van der Waals surface area contributed by atoms with Crippen molar-refractivity contribution in [2.75, 3.05) is 0 Å². The van der Waals surface area contributed by atoms with Gasteiger partial charge in [0.1, 0.15) is 23.9 Å². The van der Waals surface area contributed by atoms with Crippen molar-refractivity contribution in [3.63, 3.8) is 0 Å². The van der Waals surface area contributed by atoms with E-state index in [-0.39, 0.29) is 0 Å². The van der Waals surface area contributed by atoms with Crippen LogP contribution in [0.2, 0.25) is 15.1 Å². The van der Waals surface area contributed by atoms with Gasteiger partial charge in [0, 0.05) is 21.5 Å². The molecule has 0 unspecified atom stereocenters. The van der Waals surface area contributed by atoms with Gasteiger partial charge >= 0.3 is 0 Å². The number of benzene rings is 3. The minimum atomic E-state index is 0.306. The van der Waals surface area contributed by atoms with Gasteiger partial charge in [-0.05, 0) is 42.5 Å². The van der Waals surface area contributed by atoms with Gasteiger partial charge in [-0.3, -0.25) is 0 Å². The van der Waals surface area contributed by atoms with Gasteiger partial charge in [-0.1, -0.05) is 46.9 Å². The van der Waals surface area contributed by atoms with Gasteiger partial charge in [0.05, 0.1) is 27.9 Å². The van der Waals surface area contributed by atoms with Crippen molar-refractivity contribution in [1.82, 2.24) is 4.98 Å². The number of H-pyrrole nitrogens is 1. The minimum absolute atomic E-state index is 0.306. The lowest BCUT2D eigenvalue weighted by Gasteiger charge is -2.10. The summed E-state index contributed by atoms with van der Waals surface area (Å²) in [6.07, 6.45) is 0. The number of para-hydroxylation sites is 1. The number of nitriles is 1. The average Bonchev–Trinajstić information content (AvgIpc) is 3.10. The number of hydrogen-bond donors (Lipinski definition) is 1. The van der Waals surface area contributed by atoms with Gasteiger partial charge in [-0.2, -0.15) is 5.26 Å². The normalized spacial score (nSPS) is 10.7. The molecule has 0 aliphatic carbocycles. The van der Waals surface area contributed by atoms with Crippen LogP contribution in [-0.2, 0) is 6.61 Å². The molecular weight excluding hydrogens is 431 g/mol. The zero-order valence-electron chi connectivity index (χ0n) is 14.9. The number of aromatic nitrogens is 1. The fourth-order valence-corrected chi connectivity index (χ4v) is 3.59. The molecule has 144 valence electrons. The lowest BCUT2D eigenvalue weighted by atomic mass is 10.2. The number of nitrogens with zero attached hydrogens (tertiary/aromatic N) is 1. The summed E-state index contributed by atoms with van der Waals surface area (Å²) in [6.45, 7) is 0.306. The molecule has 0 saturated heterocycles. The first-order valence-corrected chi connectivity index (χ1v) is 9.71. The zero-order chi connectivity index (χ0) is 20.4. The Morgan fingerprint density at radius 3 is 2.34 bits per heavy atom. The Morgan fingerprint density at radius 2 is 1.59 bits per heavy atom. The first kappa shape index (κ1) is 19.5. The molecule has 0 fully saturated rings. The van der Waals surface area contributed by atoms with Crippen molar-refractivity contribution in [1.29, 1.82) is 5.26 Å². The summed E-state index contributed by atoms with van der Waals surface area (Å²) in [5, 5.41) is 11.6. The van der Waals surface area contributed by atoms with E-state index in [2.05, 4.69) is 4.98 Å². The Kier molecular flexibility index (Phi) is 5.55. The summed E-state index contributed by atoms with van der Waals surface area (Å²) >= 11 is 18.4. The molecule has 0 saturated carbocycles. The second-order valence-corrected chi connectivity index (χ2v) is 7.58. The third kappa shape index (κ3) is 4.60. The Balaban J connectivity index is 1.53. The third-order valence-corrected chi connectivity index (χ3v) is 4.89. The van der Waals surface area contributed by atoms with E-state index in [0.29, 0.717) is 44.5 Å². The molecule has 4 rings (SSSR count). The zero-order valence-corrected chi connectivity index (χ0v) is 17.1. The van der Waals surface area contributed by atoms with E-state index in [0.717, 1.165) is 16.6 Å². The highest BCUT2D eigenvalue weighted by Crippen LogP contribution is 2.32. The largest absolute Gasteiger partial charge is 0.487 e. The first-order valence-electron chi connectivity index (χ1n) is 8.58. The number of aromatic amines is 1. The summed E-state index contributed by atoms with van der Waals surface area (Å²) in [4.78, 5) is 3.26. The third-order valence-electron chi connectivity index (χ3n) is 4.14. The Bertz CT molecular complexity index is 1240. The maximum atomic E-state index is 9.07. The van der Waals surface area contributed by atoms with Crippen molar-refractivity contribution in [3.8, 4) is 23.3 Å². The standard InChI is InChI=1S/C22H13Cl3N2O2/c23-15-4-13(11-26)5-19(8-15)29-20-9-16(24)7-18(10-20)28-12-17-6-14-2-1-3-21(25)22(14)27-17/h1-10,27H,12H2. The summed E-state index contributed by atoms with van der Waals surface area (Å²) in [5.74, 6) is 1.45. The van der Waals surface area contributed by atoms with Gasteiger partial charge in [-0.25, -0.2) is 0 Å². The van der Waals surface area contributed by atoms with E-state index >= 15 is 0 Å². The number of ether oxygens (including phenoxy) is 2. The fraction of sp³-hybridized carbons (Fsp3) is 0.0455. The monoisotopic (exact) mass is 442 g/mol. The molecule has 0 atom stereocenters. The van der Waals surface area contributed by atoms with Crippen LogP contribution < -0.4 is 9.47 Å². The summed E-state index contributed by atoms with van der Waals surface area (Å²) in [5.41, 5.74) is 2.16. The van der Waals surface area contributed by atoms with E-state index in [9.17, 15) is 0 Å². The highest BCUT2D eigenvalue weighted by molar-refractivity contribution is 6.35. The van der Waals surface area contributed by atoms with Crippen LogP contribution in [0.25, 0.3) is 10.9 Å². The van der Waals surface area contributed by atoms with Gasteiger partial charge in [0.25, 0.3) is 0 Å². The predicted octanol–water partition coefficient (Wildman–Crippen LogP) is 7.37. The predicted molar refractivity (Wildman–Crippen MR) is 115 cm³/mol. The second kappa shape index (κ2) is 8.26. The fourth-order valence-electron chi connectivity index (χ4n) is 2.92. The van der Waals surface area contributed by atoms with Crippen LogP contribution in [0, 0.1) is 11.3 Å². The molecule has 1 N–H and O–H groups in total. The number of fused-ring (bicyclic) bond motifs is 1. The molecule has 0 aliphatic rings. The molecule has 0 aliphatic heterocycles. The first-order chi connectivity index (χ1) is 14.0. The Morgan fingerprint density at radius 1 is 0.862 bits per heavy atom. The van der Waals surface area contributed by atoms with Crippen molar-refractivity contribution in [3.05, 3.63) is 87.0 Å². The van der Waals surface area contributed by atoms with Crippen molar-refractivity contribution < 1.29 is 9.47 Å². The average molecular weight is 444 g/mol. The molecule has 1 aromatic heterocycles. The van der Waals surface area contributed by atoms with Crippen LogP contribution in [0.1, 0.15) is 11.3 Å². The SMILES string of the molecule is N#Cc1cc(Cl)cc(Oc2cc(Cl)cc(OCc3cc4cccc(Cl)c4[nH]3)c2)c1. The Hall–Kier alpha value is -2.84.